The summed E-state index contributed by atoms with van der Waals surface area (Å²) in [6.45, 7) is 4.56. The highest BCUT2D eigenvalue weighted by Crippen LogP contribution is 2.26. The second-order valence-corrected chi connectivity index (χ2v) is 7.53. The molecule has 1 saturated heterocycles. The molecule has 1 aliphatic heterocycles. The Morgan fingerprint density at radius 1 is 1.14 bits per heavy atom. The van der Waals surface area contributed by atoms with Crippen LogP contribution >= 0.6 is 0 Å². The summed E-state index contributed by atoms with van der Waals surface area (Å²) >= 11 is 0. The summed E-state index contributed by atoms with van der Waals surface area (Å²) in [5.74, 6) is -0.266. The smallest absolute Gasteiger partial charge is 0.292 e. The molecule has 1 heterocycles. The predicted octanol–water partition coefficient (Wildman–Crippen LogP) is 4.04. The number of anilines is 2. The minimum Gasteiger partial charge on any atom is -0.371 e. The van der Waals surface area contributed by atoms with Crippen LogP contribution in [0.2, 0.25) is 0 Å². The second-order valence-electron chi connectivity index (χ2n) is 7.53. The number of para-hydroxylation sites is 3. The quantitative estimate of drug-likeness (QED) is 0.564. The normalized spacial score (nSPS) is 15.2. The Labute approximate surface area is 171 Å². The van der Waals surface area contributed by atoms with Gasteiger partial charge in [-0.1, -0.05) is 30.3 Å². The van der Waals surface area contributed by atoms with Crippen LogP contribution < -0.4 is 10.2 Å². The molecule has 2 aromatic carbocycles. The van der Waals surface area contributed by atoms with Gasteiger partial charge in [-0.05, 0) is 50.9 Å². The highest BCUT2D eigenvalue weighted by molar-refractivity contribution is 5.96. The molecule has 1 aliphatic rings. The van der Waals surface area contributed by atoms with Gasteiger partial charge in [0.2, 0.25) is 5.91 Å². The monoisotopic (exact) mass is 396 g/mol. The third kappa shape index (κ3) is 5.12. The summed E-state index contributed by atoms with van der Waals surface area (Å²) < 4.78 is 0. The molecule has 0 unspecified atom stereocenters. The zero-order valence-corrected chi connectivity index (χ0v) is 17.0. The average Bonchev–Trinajstić information content (AvgIpc) is 2.74. The Morgan fingerprint density at radius 3 is 2.52 bits per heavy atom. The summed E-state index contributed by atoms with van der Waals surface area (Å²) in [5, 5.41) is 13.9. The first-order chi connectivity index (χ1) is 14.0. The number of amides is 1. The Kier molecular flexibility index (Phi) is 6.82. The van der Waals surface area contributed by atoms with Gasteiger partial charge in [0.25, 0.3) is 5.69 Å². The van der Waals surface area contributed by atoms with Crippen molar-refractivity contribution in [3.05, 3.63) is 64.2 Å². The lowest BCUT2D eigenvalue weighted by molar-refractivity contribution is -0.383. The van der Waals surface area contributed by atoms with Gasteiger partial charge in [0.15, 0.2) is 0 Å². The summed E-state index contributed by atoms with van der Waals surface area (Å²) in [4.78, 5) is 27.8. The van der Waals surface area contributed by atoms with Crippen molar-refractivity contribution in [2.45, 2.75) is 38.8 Å². The number of rotatable bonds is 7. The topological polar surface area (TPSA) is 78.7 Å². The van der Waals surface area contributed by atoms with Crippen molar-refractivity contribution in [1.82, 2.24) is 4.90 Å². The van der Waals surface area contributed by atoms with Gasteiger partial charge in [0.05, 0.1) is 11.0 Å². The maximum absolute atomic E-state index is 12.7. The number of hydrogen-bond acceptors (Lipinski definition) is 5. The molecule has 0 saturated carbocycles. The summed E-state index contributed by atoms with van der Waals surface area (Å²) in [7, 11) is 1.90. The number of piperidine rings is 1. The van der Waals surface area contributed by atoms with Crippen molar-refractivity contribution < 1.29 is 9.72 Å². The fraction of sp³-hybridized carbons (Fsp3) is 0.409. The molecule has 0 radical (unpaired) electrons. The highest BCUT2D eigenvalue weighted by Gasteiger charge is 2.23. The van der Waals surface area contributed by atoms with E-state index in [1.807, 2.05) is 24.9 Å². The largest absolute Gasteiger partial charge is 0.371 e. The summed E-state index contributed by atoms with van der Waals surface area (Å²) in [5.41, 5.74) is 2.52. The van der Waals surface area contributed by atoms with Crippen molar-refractivity contribution in [2.75, 3.05) is 30.4 Å². The minimum absolute atomic E-state index is 0.105. The predicted molar refractivity (Wildman–Crippen MR) is 115 cm³/mol. The molecular formula is C22H28N4O3. The van der Waals surface area contributed by atoms with Crippen molar-refractivity contribution in [3.8, 4) is 0 Å². The number of carbonyl (C=O) groups excluding carboxylic acids is 1. The van der Waals surface area contributed by atoms with Crippen molar-refractivity contribution in [3.63, 3.8) is 0 Å². The van der Waals surface area contributed by atoms with Gasteiger partial charge in [-0.2, -0.15) is 0 Å². The van der Waals surface area contributed by atoms with E-state index in [0.717, 1.165) is 13.1 Å². The first-order valence-corrected chi connectivity index (χ1v) is 10.0. The van der Waals surface area contributed by atoms with Gasteiger partial charge in [-0.3, -0.25) is 19.8 Å². The molecule has 7 heteroatoms. The SMILES string of the molecule is C[C@H](C(=O)Nc1ccccc1[N+](=O)[O-])N(C)Cc1ccccc1N1CCCCC1. The van der Waals surface area contributed by atoms with Gasteiger partial charge in [-0.15, -0.1) is 0 Å². The standard InChI is InChI=1S/C22H28N4O3/c1-17(22(27)23-19-11-5-7-13-21(19)26(28)29)24(2)16-18-10-4-6-12-20(18)25-14-8-3-9-15-25/h4-7,10-13,17H,3,8-9,14-16H2,1-2H3,(H,23,27)/t17-/m1/s1. The molecule has 0 aromatic heterocycles. The van der Waals surface area contributed by atoms with Crippen LogP contribution in [-0.2, 0) is 11.3 Å². The first-order valence-electron chi connectivity index (χ1n) is 10.0. The molecule has 1 N–H and O–H groups in total. The van der Waals surface area contributed by atoms with E-state index in [0.29, 0.717) is 6.54 Å². The number of benzene rings is 2. The zero-order chi connectivity index (χ0) is 20.8. The van der Waals surface area contributed by atoms with Crippen LogP contribution in [-0.4, -0.2) is 41.9 Å². The Bertz CT molecular complexity index is 865. The van der Waals surface area contributed by atoms with E-state index in [1.54, 1.807) is 18.2 Å². The molecule has 0 bridgehead atoms. The first kappa shape index (κ1) is 20.8. The van der Waals surface area contributed by atoms with Gasteiger partial charge in [0.1, 0.15) is 5.69 Å². The number of hydrogen-bond donors (Lipinski definition) is 1. The molecule has 2 aromatic rings. The Morgan fingerprint density at radius 2 is 1.79 bits per heavy atom. The van der Waals surface area contributed by atoms with Crippen LogP contribution in [0, 0.1) is 10.1 Å². The number of nitro benzene ring substituents is 1. The Balaban J connectivity index is 1.69. The lowest BCUT2D eigenvalue weighted by Gasteiger charge is -2.32. The molecule has 0 spiro atoms. The third-order valence-electron chi connectivity index (χ3n) is 5.51. The minimum atomic E-state index is -0.487. The maximum atomic E-state index is 12.7. The molecular weight excluding hydrogens is 368 g/mol. The average molecular weight is 396 g/mol. The van der Waals surface area contributed by atoms with E-state index >= 15 is 0 Å². The second kappa shape index (κ2) is 9.52. The van der Waals surface area contributed by atoms with E-state index in [-0.39, 0.29) is 17.3 Å². The van der Waals surface area contributed by atoms with E-state index in [4.69, 9.17) is 0 Å². The maximum Gasteiger partial charge on any atom is 0.292 e. The van der Waals surface area contributed by atoms with E-state index in [1.165, 1.54) is 36.6 Å². The van der Waals surface area contributed by atoms with Crippen LogP contribution in [0.1, 0.15) is 31.7 Å². The fourth-order valence-electron chi connectivity index (χ4n) is 3.67. The lowest BCUT2D eigenvalue weighted by Crippen LogP contribution is -2.39. The van der Waals surface area contributed by atoms with Gasteiger partial charge < -0.3 is 10.2 Å². The van der Waals surface area contributed by atoms with Crippen LogP contribution in [0.4, 0.5) is 17.1 Å². The Hall–Kier alpha value is -2.93. The van der Waals surface area contributed by atoms with E-state index in [9.17, 15) is 14.9 Å². The molecule has 0 aliphatic carbocycles. The lowest BCUT2D eigenvalue weighted by atomic mass is 10.1. The van der Waals surface area contributed by atoms with E-state index < -0.39 is 11.0 Å². The van der Waals surface area contributed by atoms with Gasteiger partial charge in [0, 0.05) is 31.4 Å². The van der Waals surface area contributed by atoms with Crippen LogP contribution in [0.25, 0.3) is 0 Å². The van der Waals surface area contributed by atoms with Gasteiger partial charge >= 0.3 is 0 Å². The van der Waals surface area contributed by atoms with E-state index in [2.05, 4.69) is 28.4 Å². The highest BCUT2D eigenvalue weighted by atomic mass is 16.6. The van der Waals surface area contributed by atoms with Gasteiger partial charge in [-0.25, -0.2) is 0 Å². The number of nitrogens with one attached hydrogen (secondary N) is 1. The summed E-state index contributed by atoms with van der Waals surface area (Å²) in [6.07, 6.45) is 3.69. The van der Waals surface area contributed by atoms with Crippen molar-refractivity contribution in [1.29, 1.82) is 0 Å². The van der Waals surface area contributed by atoms with Crippen LogP contribution in [0.3, 0.4) is 0 Å². The van der Waals surface area contributed by atoms with Crippen molar-refractivity contribution in [2.24, 2.45) is 0 Å². The zero-order valence-electron chi connectivity index (χ0n) is 17.0. The molecule has 7 nitrogen and oxygen atoms in total. The molecule has 1 amide bonds. The van der Waals surface area contributed by atoms with Crippen LogP contribution in [0.5, 0.6) is 0 Å². The number of carbonyl (C=O) groups is 1. The molecule has 3 rings (SSSR count). The van der Waals surface area contributed by atoms with Crippen LogP contribution in [0.15, 0.2) is 48.5 Å². The third-order valence-corrected chi connectivity index (χ3v) is 5.51. The number of likely N-dealkylation sites (N-methyl/N-ethyl adjacent to an activating group) is 1. The summed E-state index contributed by atoms with van der Waals surface area (Å²) in [6, 6.07) is 14.1. The molecule has 1 atom stereocenters. The number of nitrogens with zero attached hydrogens (tertiary/aromatic N) is 3. The molecule has 29 heavy (non-hydrogen) atoms. The molecule has 1 fully saturated rings. The fourth-order valence-corrected chi connectivity index (χ4v) is 3.67. The van der Waals surface area contributed by atoms with Crippen molar-refractivity contribution >= 4 is 23.0 Å². The molecule has 154 valence electrons. The number of nitro groups is 1.